The molecule has 1 atom stereocenters. The lowest BCUT2D eigenvalue weighted by Gasteiger charge is -2.15. The average molecular weight is 373 g/mol. The molecule has 27 heavy (non-hydrogen) atoms. The maximum atomic E-state index is 12.1. The van der Waals surface area contributed by atoms with Crippen LogP contribution in [-0.2, 0) is 9.53 Å². The van der Waals surface area contributed by atoms with E-state index in [9.17, 15) is 9.59 Å². The molecule has 0 aromatic heterocycles. The van der Waals surface area contributed by atoms with Crippen molar-refractivity contribution in [2.45, 2.75) is 13.0 Å². The van der Waals surface area contributed by atoms with Gasteiger partial charge in [-0.15, -0.1) is 0 Å². The van der Waals surface area contributed by atoms with E-state index in [1.807, 2.05) is 31.2 Å². The number of hydrogen-bond donors (Lipinski definition) is 1. The minimum absolute atomic E-state index is 0.233. The Morgan fingerprint density at radius 2 is 1.59 bits per heavy atom. The van der Waals surface area contributed by atoms with Gasteiger partial charge >= 0.3 is 5.97 Å². The second-order valence-corrected chi connectivity index (χ2v) is 5.71. The van der Waals surface area contributed by atoms with E-state index in [0.717, 1.165) is 11.3 Å². The predicted octanol–water partition coefficient (Wildman–Crippen LogP) is 2.75. The fourth-order valence-corrected chi connectivity index (χ4v) is 2.44. The molecule has 0 saturated heterocycles. The first kappa shape index (κ1) is 20.1. The highest BCUT2D eigenvalue weighted by Gasteiger charge is 2.15. The standard InChI is InChI=1S/C20H23NO6/c1-13(14-5-8-16(24-2)9-6-14)21-19(22)12-27-20(23)15-7-10-17(25-3)18(11-15)26-4/h5-11,13H,12H2,1-4H3,(H,21,22)/t13-/m1/s1. The molecule has 144 valence electrons. The van der Waals surface area contributed by atoms with E-state index in [1.54, 1.807) is 19.2 Å². The number of amides is 1. The first-order valence-electron chi connectivity index (χ1n) is 8.31. The molecule has 0 fully saturated rings. The Balaban J connectivity index is 1.89. The molecule has 0 radical (unpaired) electrons. The Bertz CT molecular complexity index is 788. The van der Waals surface area contributed by atoms with Gasteiger partial charge in [0.2, 0.25) is 0 Å². The number of rotatable bonds is 8. The van der Waals surface area contributed by atoms with Crippen LogP contribution in [0.2, 0.25) is 0 Å². The molecule has 1 amide bonds. The third kappa shape index (κ3) is 5.37. The molecule has 7 heteroatoms. The lowest BCUT2D eigenvalue weighted by Crippen LogP contribution is -2.31. The van der Waals surface area contributed by atoms with Gasteiger partial charge in [-0.25, -0.2) is 4.79 Å². The molecule has 0 saturated carbocycles. The lowest BCUT2D eigenvalue weighted by atomic mass is 10.1. The Morgan fingerprint density at radius 3 is 2.19 bits per heavy atom. The molecule has 0 aliphatic heterocycles. The van der Waals surface area contributed by atoms with Crippen LogP contribution in [0, 0.1) is 0 Å². The highest BCUT2D eigenvalue weighted by molar-refractivity contribution is 5.92. The topological polar surface area (TPSA) is 83.1 Å². The zero-order valence-corrected chi connectivity index (χ0v) is 15.8. The van der Waals surface area contributed by atoms with Crippen molar-refractivity contribution in [2.24, 2.45) is 0 Å². The van der Waals surface area contributed by atoms with Crippen LogP contribution < -0.4 is 19.5 Å². The van der Waals surface area contributed by atoms with Gasteiger partial charge in [-0.3, -0.25) is 4.79 Å². The number of carbonyl (C=O) groups is 2. The Kier molecular flexibility index (Phi) is 7.05. The van der Waals surface area contributed by atoms with Crippen LogP contribution in [0.1, 0.15) is 28.9 Å². The number of hydrogen-bond acceptors (Lipinski definition) is 6. The summed E-state index contributed by atoms with van der Waals surface area (Å²) in [5, 5.41) is 2.78. The third-order valence-corrected chi connectivity index (χ3v) is 3.95. The van der Waals surface area contributed by atoms with Gasteiger partial charge in [0, 0.05) is 0 Å². The largest absolute Gasteiger partial charge is 0.497 e. The Labute approximate surface area is 158 Å². The monoisotopic (exact) mass is 373 g/mol. The summed E-state index contributed by atoms with van der Waals surface area (Å²) >= 11 is 0. The minimum Gasteiger partial charge on any atom is -0.497 e. The highest BCUT2D eigenvalue weighted by Crippen LogP contribution is 2.27. The van der Waals surface area contributed by atoms with Crippen molar-refractivity contribution >= 4 is 11.9 Å². The number of esters is 1. The lowest BCUT2D eigenvalue weighted by molar-refractivity contribution is -0.124. The SMILES string of the molecule is COc1ccc([C@@H](C)NC(=O)COC(=O)c2ccc(OC)c(OC)c2)cc1. The smallest absolute Gasteiger partial charge is 0.338 e. The Morgan fingerprint density at radius 1 is 0.926 bits per heavy atom. The molecule has 0 bridgehead atoms. The predicted molar refractivity (Wildman–Crippen MR) is 99.4 cm³/mol. The number of ether oxygens (including phenoxy) is 4. The minimum atomic E-state index is -0.622. The summed E-state index contributed by atoms with van der Waals surface area (Å²) in [4.78, 5) is 24.2. The molecule has 2 aromatic carbocycles. The van der Waals surface area contributed by atoms with Gasteiger partial charge < -0.3 is 24.3 Å². The van der Waals surface area contributed by atoms with Gasteiger partial charge in [-0.2, -0.15) is 0 Å². The van der Waals surface area contributed by atoms with Crippen LogP contribution in [0.5, 0.6) is 17.2 Å². The van der Waals surface area contributed by atoms with Crippen LogP contribution in [0.4, 0.5) is 0 Å². The van der Waals surface area contributed by atoms with Crippen LogP contribution in [0.15, 0.2) is 42.5 Å². The highest BCUT2D eigenvalue weighted by atomic mass is 16.5. The van der Waals surface area contributed by atoms with Crippen molar-refractivity contribution in [2.75, 3.05) is 27.9 Å². The zero-order chi connectivity index (χ0) is 19.8. The van der Waals surface area contributed by atoms with Crippen LogP contribution >= 0.6 is 0 Å². The van der Waals surface area contributed by atoms with Gasteiger partial charge in [0.15, 0.2) is 18.1 Å². The summed E-state index contributed by atoms with van der Waals surface area (Å²) in [7, 11) is 4.57. The molecule has 2 rings (SSSR count). The molecule has 0 heterocycles. The molecule has 0 unspecified atom stereocenters. The van der Waals surface area contributed by atoms with Crippen molar-refractivity contribution in [1.29, 1.82) is 0 Å². The number of benzene rings is 2. The summed E-state index contributed by atoms with van der Waals surface area (Å²) in [5.41, 5.74) is 1.18. The molecular weight excluding hydrogens is 350 g/mol. The first-order valence-corrected chi connectivity index (χ1v) is 8.31. The van der Waals surface area contributed by atoms with Gasteiger partial charge in [-0.1, -0.05) is 12.1 Å². The van der Waals surface area contributed by atoms with E-state index in [0.29, 0.717) is 11.5 Å². The van der Waals surface area contributed by atoms with E-state index < -0.39 is 11.9 Å². The number of carbonyl (C=O) groups excluding carboxylic acids is 2. The Hall–Kier alpha value is -3.22. The van der Waals surface area contributed by atoms with Gasteiger partial charge in [0.25, 0.3) is 5.91 Å². The maximum absolute atomic E-state index is 12.1. The zero-order valence-electron chi connectivity index (χ0n) is 15.8. The van der Waals surface area contributed by atoms with Crippen molar-refractivity contribution in [3.05, 3.63) is 53.6 Å². The normalized spacial score (nSPS) is 11.3. The summed E-state index contributed by atoms with van der Waals surface area (Å²) in [5.74, 6) is 0.626. The number of methoxy groups -OCH3 is 3. The second kappa shape index (κ2) is 9.47. The first-order chi connectivity index (χ1) is 13.0. The molecule has 0 spiro atoms. The van der Waals surface area contributed by atoms with Crippen molar-refractivity contribution < 1.29 is 28.5 Å². The molecule has 2 aromatic rings. The van der Waals surface area contributed by atoms with Gasteiger partial charge in [0.1, 0.15) is 5.75 Å². The second-order valence-electron chi connectivity index (χ2n) is 5.71. The molecule has 1 N–H and O–H groups in total. The van der Waals surface area contributed by atoms with E-state index >= 15 is 0 Å². The molecular formula is C20H23NO6. The van der Waals surface area contributed by atoms with Crippen molar-refractivity contribution in [3.63, 3.8) is 0 Å². The van der Waals surface area contributed by atoms with E-state index in [4.69, 9.17) is 18.9 Å². The molecule has 0 aliphatic rings. The van der Waals surface area contributed by atoms with Crippen LogP contribution in [-0.4, -0.2) is 39.8 Å². The average Bonchev–Trinajstić information content (AvgIpc) is 2.71. The summed E-state index contributed by atoms with van der Waals surface area (Å²) < 4.78 is 20.4. The van der Waals surface area contributed by atoms with Crippen molar-refractivity contribution in [3.8, 4) is 17.2 Å². The summed E-state index contributed by atoms with van der Waals surface area (Å²) in [6.07, 6.45) is 0. The van der Waals surface area contributed by atoms with Crippen molar-refractivity contribution in [1.82, 2.24) is 5.32 Å². The van der Waals surface area contributed by atoms with Gasteiger partial charge in [0.05, 0.1) is 32.9 Å². The van der Waals surface area contributed by atoms with E-state index in [2.05, 4.69) is 5.32 Å². The summed E-state index contributed by atoms with van der Waals surface area (Å²) in [6.45, 7) is 1.46. The van der Waals surface area contributed by atoms with Crippen LogP contribution in [0.3, 0.4) is 0 Å². The quantitative estimate of drug-likeness (QED) is 0.717. The molecule has 0 aliphatic carbocycles. The summed E-state index contributed by atoms with van der Waals surface area (Å²) in [6, 6.07) is 11.8. The van der Waals surface area contributed by atoms with E-state index in [1.165, 1.54) is 20.3 Å². The maximum Gasteiger partial charge on any atom is 0.338 e. The molecule has 7 nitrogen and oxygen atoms in total. The third-order valence-electron chi connectivity index (χ3n) is 3.95. The fourth-order valence-electron chi connectivity index (χ4n) is 2.44. The fraction of sp³-hybridized carbons (Fsp3) is 0.300. The van der Waals surface area contributed by atoms with Gasteiger partial charge in [-0.05, 0) is 42.8 Å². The number of nitrogens with one attached hydrogen (secondary N) is 1. The van der Waals surface area contributed by atoms with E-state index in [-0.39, 0.29) is 18.2 Å². The van der Waals surface area contributed by atoms with Crippen LogP contribution in [0.25, 0.3) is 0 Å².